The predicted octanol–water partition coefficient (Wildman–Crippen LogP) is 3.79. The molecule has 0 radical (unpaired) electrons. The average Bonchev–Trinajstić information content (AvgIpc) is 2.70. The van der Waals surface area contributed by atoms with Crippen LogP contribution in [0.5, 0.6) is 17.2 Å². The summed E-state index contributed by atoms with van der Waals surface area (Å²) in [7, 11) is 4.59. The van der Waals surface area contributed by atoms with Gasteiger partial charge in [-0.15, -0.1) is 0 Å². The van der Waals surface area contributed by atoms with Gasteiger partial charge < -0.3 is 14.2 Å². The van der Waals surface area contributed by atoms with Crippen molar-refractivity contribution in [3.8, 4) is 17.2 Å². The molecular weight excluding hydrogens is 332 g/mol. The van der Waals surface area contributed by atoms with Crippen molar-refractivity contribution in [2.24, 2.45) is 16.9 Å². The molecule has 0 aliphatic heterocycles. The van der Waals surface area contributed by atoms with Crippen LogP contribution >= 0.6 is 0 Å². The number of nitrogens with zero attached hydrogens (tertiary/aromatic N) is 1. The van der Waals surface area contributed by atoms with Gasteiger partial charge in [0.05, 0.1) is 21.3 Å². The first-order valence-corrected chi connectivity index (χ1v) is 9.32. The van der Waals surface area contributed by atoms with E-state index in [9.17, 15) is 4.79 Å². The van der Waals surface area contributed by atoms with E-state index in [2.05, 4.69) is 10.5 Å². The van der Waals surface area contributed by atoms with Gasteiger partial charge in [-0.3, -0.25) is 4.79 Å². The molecular formula is C20H28N2O4. The minimum atomic E-state index is -0.275. The Morgan fingerprint density at radius 3 is 2.27 bits per heavy atom. The normalized spacial score (nSPS) is 23.9. The molecule has 6 nitrogen and oxygen atoms in total. The average molecular weight is 360 g/mol. The number of ether oxygens (including phenoxy) is 3. The zero-order chi connectivity index (χ0) is 18.5. The smallest absolute Gasteiger partial charge is 0.271 e. The molecule has 2 aliphatic rings. The number of hydrogen-bond acceptors (Lipinski definition) is 5. The Morgan fingerprint density at radius 1 is 1.00 bits per heavy atom. The lowest BCUT2D eigenvalue weighted by molar-refractivity contribution is 0.0953. The Labute approximate surface area is 154 Å². The van der Waals surface area contributed by atoms with Crippen molar-refractivity contribution in [1.82, 2.24) is 5.43 Å². The Hall–Kier alpha value is -2.24. The minimum absolute atomic E-state index is 0.275. The van der Waals surface area contributed by atoms with E-state index in [1.54, 1.807) is 12.1 Å². The second kappa shape index (κ2) is 8.43. The summed E-state index contributed by atoms with van der Waals surface area (Å²) in [6.45, 7) is 0. The molecule has 2 fully saturated rings. The first-order valence-electron chi connectivity index (χ1n) is 9.32. The summed E-state index contributed by atoms with van der Waals surface area (Å²) in [5, 5.41) is 4.41. The molecule has 6 heteroatoms. The van der Waals surface area contributed by atoms with Gasteiger partial charge in [-0.05, 0) is 49.7 Å². The summed E-state index contributed by atoms with van der Waals surface area (Å²) < 4.78 is 15.9. The number of carbonyl (C=O) groups is 1. The highest BCUT2D eigenvalue weighted by Crippen LogP contribution is 2.40. The minimum Gasteiger partial charge on any atom is -0.493 e. The number of fused-ring (bicyclic) bond motifs is 1. The highest BCUT2D eigenvalue weighted by atomic mass is 16.5. The molecule has 142 valence electrons. The molecule has 2 atom stereocenters. The number of benzene rings is 1. The van der Waals surface area contributed by atoms with E-state index < -0.39 is 0 Å². The summed E-state index contributed by atoms with van der Waals surface area (Å²) >= 11 is 0. The molecule has 1 N–H and O–H groups in total. The van der Waals surface area contributed by atoms with E-state index in [-0.39, 0.29) is 5.91 Å². The fraction of sp³-hybridized carbons (Fsp3) is 0.600. The third-order valence-corrected chi connectivity index (χ3v) is 5.61. The Morgan fingerprint density at radius 2 is 1.65 bits per heavy atom. The fourth-order valence-electron chi connectivity index (χ4n) is 4.20. The lowest BCUT2D eigenvalue weighted by atomic mass is 9.70. The van der Waals surface area contributed by atoms with E-state index in [4.69, 9.17) is 14.2 Å². The monoisotopic (exact) mass is 360 g/mol. The van der Waals surface area contributed by atoms with Gasteiger partial charge in [0, 0.05) is 11.3 Å². The number of hydrazone groups is 1. The predicted molar refractivity (Wildman–Crippen MR) is 100 cm³/mol. The quantitative estimate of drug-likeness (QED) is 0.811. The highest BCUT2D eigenvalue weighted by molar-refractivity contribution is 5.96. The molecule has 3 rings (SSSR count). The third-order valence-electron chi connectivity index (χ3n) is 5.61. The molecule has 2 saturated carbocycles. The van der Waals surface area contributed by atoms with Crippen molar-refractivity contribution in [3.63, 3.8) is 0 Å². The van der Waals surface area contributed by atoms with Crippen LogP contribution in [-0.2, 0) is 0 Å². The van der Waals surface area contributed by atoms with Crippen LogP contribution < -0.4 is 19.6 Å². The molecule has 0 bridgehead atoms. The molecule has 2 aliphatic carbocycles. The van der Waals surface area contributed by atoms with Crippen molar-refractivity contribution in [1.29, 1.82) is 0 Å². The summed E-state index contributed by atoms with van der Waals surface area (Å²) in [5.41, 5.74) is 4.23. The molecule has 1 aromatic carbocycles. The number of carbonyl (C=O) groups excluding carboxylic acids is 1. The fourth-order valence-corrected chi connectivity index (χ4v) is 4.20. The van der Waals surface area contributed by atoms with Gasteiger partial charge in [-0.25, -0.2) is 5.43 Å². The second-order valence-corrected chi connectivity index (χ2v) is 7.08. The van der Waals surface area contributed by atoms with E-state index >= 15 is 0 Å². The van der Waals surface area contributed by atoms with Gasteiger partial charge in [0.2, 0.25) is 5.75 Å². The van der Waals surface area contributed by atoms with Crippen LogP contribution in [0.3, 0.4) is 0 Å². The van der Waals surface area contributed by atoms with Crippen LogP contribution in [-0.4, -0.2) is 32.9 Å². The Kier molecular flexibility index (Phi) is 6.01. The lowest BCUT2D eigenvalue weighted by Crippen LogP contribution is -2.29. The topological polar surface area (TPSA) is 69.2 Å². The number of nitrogens with one attached hydrogen (secondary N) is 1. The zero-order valence-electron chi connectivity index (χ0n) is 15.8. The van der Waals surface area contributed by atoms with Crippen molar-refractivity contribution < 1.29 is 19.0 Å². The molecule has 26 heavy (non-hydrogen) atoms. The zero-order valence-corrected chi connectivity index (χ0v) is 15.8. The SMILES string of the molecule is COc1cc(C(=O)N/N=C2/CC[C@H]3CCCC[C@H]3C2)cc(OC)c1OC. The first-order chi connectivity index (χ1) is 12.7. The number of methoxy groups -OCH3 is 3. The molecule has 0 heterocycles. The van der Waals surface area contributed by atoms with Gasteiger partial charge in [-0.2, -0.15) is 5.10 Å². The molecule has 0 saturated heterocycles. The number of hydrogen-bond donors (Lipinski definition) is 1. The van der Waals surface area contributed by atoms with E-state index in [0.717, 1.165) is 30.4 Å². The van der Waals surface area contributed by atoms with E-state index in [1.165, 1.54) is 53.4 Å². The van der Waals surface area contributed by atoms with Crippen LogP contribution in [0.4, 0.5) is 0 Å². The van der Waals surface area contributed by atoms with Crippen molar-refractivity contribution in [2.75, 3.05) is 21.3 Å². The van der Waals surface area contributed by atoms with Crippen molar-refractivity contribution in [3.05, 3.63) is 17.7 Å². The standard InChI is InChI=1S/C20H28N2O4/c1-24-17-11-15(12-18(25-2)19(17)26-3)20(23)22-21-16-9-8-13-6-4-5-7-14(13)10-16/h11-14H,4-10H2,1-3H3,(H,22,23)/b21-16-/t13-,14+/m1/s1. The van der Waals surface area contributed by atoms with Gasteiger partial charge >= 0.3 is 0 Å². The Balaban J connectivity index is 1.70. The maximum Gasteiger partial charge on any atom is 0.271 e. The maximum atomic E-state index is 12.5. The lowest BCUT2D eigenvalue weighted by Gasteiger charge is -2.35. The Bertz CT molecular complexity index is 661. The molecule has 0 unspecified atom stereocenters. The molecule has 0 spiro atoms. The van der Waals surface area contributed by atoms with Crippen LogP contribution in [0.25, 0.3) is 0 Å². The highest BCUT2D eigenvalue weighted by Gasteiger charge is 2.30. The summed E-state index contributed by atoms with van der Waals surface area (Å²) in [6, 6.07) is 3.27. The van der Waals surface area contributed by atoms with E-state index in [1.807, 2.05) is 0 Å². The second-order valence-electron chi connectivity index (χ2n) is 7.08. The van der Waals surface area contributed by atoms with Crippen molar-refractivity contribution in [2.45, 2.75) is 44.9 Å². The summed E-state index contributed by atoms with van der Waals surface area (Å²) in [6.07, 6.45) is 8.54. The number of amides is 1. The van der Waals surface area contributed by atoms with Gasteiger partial charge in [-0.1, -0.05) is 19.3 Å². The van der Waals surface area contributed by atoms with Crippen LogP contribution in [0.2, 0.25) is 0 Å². The maximum absolute atomic E-state index is 12.5. The van der Waals surface area contributed by atoms with Crippen molar-refractivity contribution >= 4 is 11.6 Å². The van der Waals surface area contributed by atoms with Gasteiger partial charge in [0.15, 0.2) is 11.5 Å². The van der Waals surface area contributed by atoms with Crippen LogP contribution in [0.15, 0.2) is 17.2 Å². The summed E-state index contributed by atoms with van der Waals surface area (Å²) in [4.78, 5) is 12.5. The molecule has 1 amide bonds. The number of rotatable bonds is 5. The van der Waals surface area contributed by atoms with Crippen LogP contribution in [0.1, 0.15) is 55.3 Å². The first kappa shape index (κ1) is 18.5. The molecule has 0 aromatic heterocycles. The van der Waals surface area contributed by atoms with Gasteiger partial charge in [0.25, 0.3) is 5.91 Å². The third kappa shape index (κ3) is 3.94. The van der Waals surface area contributed by atoms with Crippen LogP contribution in [0, 0.1) is 11.8 Å². The van der Waals surface area contributed by atoms with Gasteiger partial charge in [0.1, 0.15) is 0 Å². The molecule has 1 aromatic rings. The largest absolute Gasteiger partial charge is 0.493 e. The van der Waals surface area contributed by atoms with E-state index in [0.29, 0.717) is 22.8 Å². The summed E-state index contributed by atoms with van der Waals surface area (Å²) in [5.74, 6) is 2.69.